The molecule has 106 valence electrons. The Morgan fingerprint density at radius 2 is 2.15 bits per heavy atom. The first-order chi connectivity index (χ1) is 9.58. The number of amides is 1. The molecule has 3 rings (SSSR count). The van der Waals surface area contributed by atoms with Crippen LogP contribution in [0.3, 0.4) is 0 Å². The van der Waals surface area contributed by atoms with Gasteiger partial charge in [-0.1, -0.05) is 12.5 Å². The minimum atomic E-state index is -0.889. The summed E-state index contributed by atoms with van der Waals surface area (Å²) < 4.78 is 0. The van der Waals surface area contributed by atoms with Crippen LogP contribution in [-0.4, -0.2) is 39.5 Å². The number of rotatable bonds is 2. The van der Waals surface area contributed by atoms with E-state index in [1.54, 1.807) is 12.1 Å². The molecule has 1 N–H and O–H groups in total. The van der Waals surface area contributed by atoms with Crippen LogP contribution in [0.2, 0.25) is 0 Å². The van der Waals surface area contributed by atoms with Gasteiger partial charge in [-0.15, -0.1) is 0 Å². The van der Waals surface area contributed by atoms with Crippen LogP contribution in [0.5, 0.6) is 0 Å². The zero-order valence-corrected chi connectivity index (χ0v) is 11.5. The van der Waals surface area contributed by atoms with Crippen molar-refractivity contribution in [2.24, 2.45) is 11.8 Å². The lowest BCUT2D eigenvalue weighted by atomic mass is 9.94. The molecule has 2 heterocycles. The predicted octanol–water partition coefficient (Wildman–Crippen LogP) is 1.72. The van der Waals surface area contributed by atoms with E-state index in [4.69, 9.17) is 0 Å². The molecule has 1 aromatic rings. The van der Waals surface area contributed by atoms with E-state index in [-0.39, 0.29) is 11.8 Å². The summed E-state index contributed by atoms with van der Waals surface area (Å²) in [5, 5.41) is 9.47. The number of carbonyl (C=O) groups is 2. The molecule has 3 atom stereocenters. The van der Waals surface area contributed by atoms with Crippen molar-refractivity contribution >= 4 is 11.9 Å². The second-order valence-corrected chi connectivity index (χ2v) is 5.76. The summed E-state index contributed by atoms with van der Waals surface area (Å²) in [5.74, 6) is -0.693. The van der Waals surface area contributed by atoms with Gasteiger partial charge in [0.1, 0.15) is 11.7 Å². The lowest BCUT2D eigenvalue weighted by Gasteiger charge is -2.24. The van der Waals surface area contributed by atoms with Crippen LogP contribution in [0.4, 0.5) is 0 Å². The van der Waals surface area contributed by atoms with Gasteiger partial charge in [0.05, 0.1) is 0 Å². The van der Waals surface area contributed by atoms with E-state index < -0.39 is 12.0 Å². The number of aliphatic carboxylic acids is 1. The fourth-order valence-corrected chi connectivity index (χ4v) is 3.64. The van der Waals surface area contributed by atoms with Gasteiger partial charge in [-0.25, -0.2) is 9.78 Å². The van der Waals surface area contributed by atoms with Crippen molar-refractivity contribution in [1.82, 2.24) is 9.88 Å². The number of hydrogen-bond donors (Lipinski definition) is 1. The molecular weight excluding hydrogens is 256 g/mol. The molecule has 1 saturated carbocycles. The molecule has 1 saturated heterocycles. The van der Waals surface area contributed by atoms with Gasteiger partial charge < -0.3 is 10.0 Å². The monoisotopic (exact) mass is 274 g/mol. The van der Waals surface area contributed by atoms with Gasteiger partial charge in [-0.2, -0.15) is 0 Å². The number of fused-ring (bicyclic) bond motifs is 1. The topological polar surface area (TPSA) is 70.5 Å². The van der Waals surface area contributed by atoms with E-state index in [1.165, 1.54) is 4.90 Å². The van der Waals surface area contributed by atoms with E-state index in [9.17, 15) is 14.7 Å². The summed E-state index contributed by atoms with van der Waals surface area (Å²) in [6.45, 7) is 2.38. The zero-order chi connectivity index (χ0) is 14.3. The van der Waals surface area contributed by atoms with Crippen molar-refractivity contribution in [2.75, 3.05) is 6.54 Å². The first-order valence-corrected chi connectivity index (χ1v) is 7.05. The number of carboxylic acid groups (broad SMARTS) is 1. The van der Waals surface area contributed by atoms with Gasteiger partial charge in [-0.3, -0.25) is 4.79 Å². The maximum Gasteiger partial charge on any atom is 0.326 e. The third-order valence-electron chi connectivity index (χ3n) is 4.51. The smallest absolute Gasteiger partial charge is 0.326 e. The molecular formula is C15H18N2O3. The van der Waals surface area contributed by atoms with Crippen LogP contribution in [0.15, 0.2) is 18.2 Å². The van der Waals surface area contributed by atoms with Crippen molar-refractivity contribution in [3.8, 4) is 0 Å². The molecule has 0 radical (unpaired) electrons. The fraction of sp³-hybridized carbons (Fsp3) is 0.533. The lowest BCUT2D eigenvalue weighted by Crippen LogP contribution is -2.43. The molecule has 1 aromatic heterocycles. The Balaban J connectivity index is 1.89. The molecule has 0 spiro atoms. The van der Waals surface area contributed by atoms with Crippen molar-refractivity contribution in [1.29, 1.82) is 0 Å². The minimum Gasteiger partial charge on any atom is -0.480 e. The standard InChI is InChI=1S/C15H18N2O3/c1-9-4-2-7-12(16-9)14(18)17-8-10-5-3-6-11(10)13(17)15(19)20/h2,4,7,10-11,13H,3,5-6,8H2,1H3,(H,19,20). The molecule has 5 nitrogen and oxygen atoms in total. The fourth-order valence-electron chi connectivity index (χ4n) is 3.64. The molecule has 1 aliphatic carbocycles. The summed E-state index contributed by atoms with van der Waals surface area (Å²) in [5.41, 5.74) is 1.11. The van der Waals surface area contributed by atoms with Gasteiger partial charge in [0.2, 0.25) is 0 Å². The van der Waals surface area contributed by atoms with E-state index in [2.05, 4.69) is 4.98 Å². The Kier molecular flexibility index (Phi) is 3.20. The number of pyridine rings is 1. The molecule has 0 aromatic carbocycles. The lowest BCUT2D eigenvalue weighted by molar-refractivity contribution is -0.142. The summed E-state index contributed by atoms with van der Waals surface area (Å²) in [6.07, 6.45) is 3.01. The quantitative estimate of drug-likeness (QED) is 0.891. The number of hydrogen-bond acceptors (Lipinski definition) is 3. The number of carboxylic acids is 1. The average Bonchev–Trinajstić information content (AvgIpc) is 2.96. The Morgan fingerprint density at radius 3 is 2.85 bits per heavy atom. The highest BCUT2D eigenvalue weighted by atomic mass is 16.4. The van der Waals surface area contributed by atoms with Crippen LogP contribution in [0.25, 0.3) is 0 Å². The number of aryl methyl sites for hydroxylation is 1. The number of carbonyl (C=O) groups excluding carboxylic acids is 1. The van der Waals surface area contributed by atoms with Crippen LogP contribution < -0.4 is 0 Å². The molecule has 0 bridgehead atoms. The SMILES string of the molecule is Cc1cccc(C(=O)N2CC3CCCC3C2C(=O)O)n1. The van der Waals surface area contributed by atoms with E-state index in [0.29, 0.717) is 18.2 Å². The molecule has 20 heavy (non-hydrogen) atoms. The molecule has 2 aliphatic rings. The largest absolute Gasteiger partial charge is 0.480 e. The molecule has 1 amide bonds. The highest BCUT2D eigenvalue weighted by Crippen LogP contribution is 2.42. The first-order valence-electron chi connectivity index (χ1n) is 7.05. The summed E-state index contributed by atoms with van der Waals surface area (Å²) in [4.78, 5) is 29.8. The van der Waals surface area contributed by atoms with Gasteiger partial charge in [0, 0.05) is 12.2 Å². The molecule has 5 heteroatoms. The van der Waals surface area contributed by atoms with E-state index in [1.807, 2.05) is 13.0 Å². The van der Waals surface area contributed by atoms with Gasteiger partial charge in [0.15, 0.2) is 0 Å². The average molecular weight is 274 g/mol. The summed E-state index contributed by atoms with van der Waals surface area (Å²) in [7, 11) is 0. The maximum atomic E-state index is 12.5. The second kappa shape index (κ2) is 4.89. The van der Waals surface area contributed by atoms with Gasteiger partial charge in [0.25, 0.3) is 5.91 Å². The molecule has 1 aliphatic heterocycles. The highest BCUT2D eigenvalue weighted by molar-refractivity contribution is 5.95. The Bertz CT molecular complexity index is 558. The number of aromatic nitrogens is 1. The molecule has 2 fully saturated rings. The predicted molar refractivity (Wildman–Crippen MR) is 72.3 cm³/mol. The van der Waals surface area contributed by atoms with Crippen LogP contribution >= 0.6 is 0 Å². The van der Waals surface area contributed by atoms with Crippen molar-refractivity contribution in [2.45, 2.75) is 32.2 Å². The van der Waals surface area contributed by atoms with E-state index >= 15 is 0 Å². The zero-order valence-electron chi connectivity index (χ0n) is 11.5. The normalized spacial score (nSPS) is 28.4. The van der Waals surface area contributed by atoms with Gasteiger partial charge in [-0.05, 0) is 43.7 Å². The Hall–Kier alpha value is -1.91. The minimum absolute atomic E-state index is 0.112. The van der Waals surface area contributed by atoms with Crippen LogP contribution in [-0.2, 0) is 4.79 Å². The van der Waals surface area contributed by atoms with Crippen molar-refractivity contribution in [3.05, 3.63) is 29.6 Å². The summed E-state index contributed by atoms with van der Waals surface area (Å²) >= 11 is 0. The maximum absolute atomic E-state index is 12.5. The highest BCUT2D eigenvalue weighted by Gasteiger charge is 2.49. The second-order valence-electron chi connectivity index (χ2n) is 5.76. The Morgan fingerprint density at radius 1 is 1.35 bits per heavy atom. The van der Waals surface area contributed by atoms with Crippen LogP contribution in [0.1, 0.15) is 35.4 Å². The van der Waals surface area contributed by atoms with Gasteiger partial charge >= 0.3 is 5.97 Å². The Labute approximate surface area is 117 Å². The van der Waals surface area contributed by atoms with E-state index in [0.717, 1.165) is 25.0 Å². The van der Waals surface area contributed by atoms with Crippen molar-refractivity contribution in [3.63, 3.8) is 0 Å². The van der Waals surface area contributed by atoms with Crippen LogP contribution in [0, 0.1) is 18.8 Å². The van der Waals surface area contributed by atoms with Crippen molar-refractivity contribution < 1.29 is 14.7 Å². The summed E-state index contributed by atoms with van der Waals surface area (Å²) in [6, 6.07) is 4.58. The third kappa shape index (κ3) is 2.07. The third-order valence-corrected chi connectivity index (χ3v) is 4.51. The number of likely N-dealkylation sites (tertiary alicyclic amines) is 1. The number of nitrogens with zero attached hydrogens (tertiary/aromatic N) is 2. The first kappa shape index (κ1) is 13.1. The molecule has 3 unspecified atom stereocenters.